The normalized spacial score (nSPS) is 12.8. The van der Waals surface area contributed by atoms with E-state index in [1.165, 1.54) is 18.3 Å². The molecule has 0 unspecified atom stereocenters. The van der Waals surface area contributed by atoms with Crippen molar-refractivity contribution in [2.45, 2.75) is 13.5 Å². The van der Waals surface area contributed by atoms with Crippen LogP contribution in [-0.4, -0.2) is 22.5 Å². The Bertz CT molecular complexity index is 826. The number of non-ortho nitro benzene ring substituents is 1. The number of nitrogens with zero attached hydrogens (tertiary/aromatic N) is 3. The van der Waals surface area contributed by atoms with E-state index in [4.69, 9.17) is 0 Å². The Labute approximate surface area is 126 Å². The van der Waals surface area contributed by atoms with Gasteiger partial charge in [-0.2, -0.15) is 0 Å². The lowest BCUT2D eigenvalue weighted by atomic mass is 10.1. The van der Waals surface area contributed by atoms with Crippen LogP contribution in [0.1, 0.15) is 22.3 Å². The Morgan fingerprint density at radius 1 is 1.36 bits per heavy atom. The third-order valence-electron chi connectivity index (χ3n) is 3.50. The monoisotopic (exact) mass is 295 g/mol. The molecular formula is C16H13N3O3. The fraction of sp³-hybridized carbons (Fsp3) is 0.125. The fourth-order valence-electron chi connectivity index (χ4n) is 2.30. The average molecular weight is 295 g/mol. The van der Waals surface area contributed by atoms with Crippen LogP contribution in [0.3, 0.4) is 0 Å². The van der Waals surface area contributed by atoms with Crippen molar-refractivity contribution < 1.29 is 10.0 Å². The first-order valence-corrected chi connectivity index (χ1v) is 6.69. The third kappa shape index (κ3) is 2.58. The fourth-order valence-corrected chi connectivity index (χ4v) is 2.30. The summed E-state index contributed by atoms with van der Waals surface area (Å²) in [6.45, 7) is 2.30. The molecule has 1 aliphatic rings. The molecule has 110 valence electrons. The van der Waals surface area contributed by atoms with Crippen molar-refractivity contribution >= 4 is 23.8 Å². The van der Waals surface area contributed by atoms with Gasteiger partial charge in [0.15, 0.2) is 0 Å². The third-order valence-corrected chi connectivity index (χ3v) is 3.50. The largest absolute Gasteiger partial charge is 0.507 e. The predicted octanol–water partition coefficient (Wildman–Crippen LogP) is 3.29. The Morgan fingerprint density at radius 2 is 2.18 bits per heavy atom. The minimum atomic E-state index is -0.490. The van der Waals surface area contributed by atoms with Crippen LogP contribution in [0.15, 0.2) is 40.3 Å². The van der Waals surface area contributed by atoms with Gasteiger partial charge in [0.05, 0.1) is 17.2 Å². The molecule has 1 aliphatic heterocycles. The lowest BCUT2D eigenvalue weighted by molar-refractivity contribution is -0.384. The van der Waals surface area contributed by atoms with Gasteiger partial charge < -0.3 is 5.11 Å². The smallest absolute Gasteiger partial charge is 0.270 e. The van der Waals surface area contributed by atoms with Crippen molar-refractivity contribution in [3.05, 3.63) is 62.7 Å². The van der Waals surface area contributed by atoms with Gasteiger partial charge in [0.25, 0.3) is 5.69 Å². The van der Waals surface area contributed by atoms with Crippen LogP contribution >= 0.6 is 0 Å². The highest BCUT2D eigenvalue weighted by Gasteiger charge is 2.12. The van der Waals surface area contributed by atoms with Crippen molar-refractivity contribution in [2.24, 2.45) is 9.98 Å². The minimum absolute atomic E-state index is 0.00271. The predicted molar refractivity (Wildman–Crippen MR) is 84.5 cm³/mol. The van der Waals surface area contributed by atoms with Crippen molar-refractivity contribution in [1.82, 2.24) is 0 Å². The van der Waals surface area contributed by atoms with Gasteiger partial charge in [-0.15, -0.1) is 0 Å². The number of aryl methyl sites for hydroxylation is 1. The van der Waals surface area contributed by atoms with E-state index >= 15 is 0 Å². The molecule has 1 N–H and O–H groups in total. The molecule has 6 nitrogen and oxygen atoms in total. The number of nitro benzene ring substituents is 1. The summed E-state index contributed by atoms with van der Waals surface area (Å²) in [6.07, 6.45) is 3.23. The maximum absolute atomic E-state index is 10.9. The summed E-state index contributed by atoms with van der Waals surface area (Å²) >= 11 is 0. The van der Waals surface area contributed by atoms with Gasteiger partial charge in [-0.1, -0.05) is 6.07 Å². The van der Waals surface area contributed by atoms with Crippen LogP contribution in [-0.2, 0) is 6.54 Å². The maximum atomic E-state index is 10.9. The molecule has 2 aromatic rings. The Hall–Kier alpha value is -3.02. The number of aliphatic imine (C=N–C) groups is 2. The highest BCUT2D eigenvalue weighted by molar-refractivity contribution is 5.89. The number of phenolic OH excluding ortho intramolecular Hbond substituents is 1. The zero-order valence-corrected chi connectivity index (χ0v) is 11.9. The van der Waals surface area contributed by atoms with E-state index in [2.05, 4.69) is 9.98 Å². The van der Waals surface area contributed by atoms with E-state index in [1.807, 2.05) is 18.2 Å². The number of hydrogen-bond donors (Lipinski definition) is 1. The summed E-state index contributed by atoms with van der Waals surface area (Å²) in [6, 6.07) is 8.33. The lowest BCUT2D eigenvalue weighted by Crippen LogP contribution is -1.93. The summed E-state index contributed by atoms with van der Waals surface area (Å²) in [5, 5.41) is 20.9. The number of fused-ring (bicyclic) bond motifs is 1. The Morgan fingerprint density at radius 3 is 2.95 bits per heavy atom. The molecule has 22 heavy (non-hydrogen) atoms. The molecule has 0 radical (unpaired) electrons. The van der Waals surface area contributed by atoms with Crippen LogP contribution in [0.4, 0.5) is 11.4 Å². The molecule has 0 amide bonds. The van der Waals surface area contributed by atoms with Crippen molar-refractivity contribution in [3.8, 4) is 5.75 Å². The topological polar surface area (TPSA) is 88.1 Å². The average Bonchev–Trinajstić information content (AvgIpc) is 2.95. The second-order valence-corrected chi connectivity index (χ2v) is 5.07. The number of hydrogen-bond acceptors (Lipinski definition) is 5. The molecule has 2 aromatic carbocycles. The highest BCUT2D eigenvalue weighted by Crippen LogP contribution is 2.27. The molecule has 0 saturated carbocycles. The van der Waals surface area contributed by atoms with Crippen LogP contribution in [0, 0.1) is 17.0 Å². The summed E-state index contributed by atoms with van der Waals surface area (Å²) in [4.78, 5) is 18.9. The molecule has 0 aromatic heterocycles. The molecule has 0 aliphatic carbocycles. The second kappa shape index (κ2) is 5.40. The SMILES string of the molecule is Cc1cc([N+](=O)[O-])cc(C=Nc2ccc3c(c2)C=NC3)c1O. The van der Waals surface area contributed by atoms with Crippen LogP contribution in [0.5, 0.6) is 5.75 Å². The van der Waals surface area contributed by atoms with Gasteiger partial charge in [-0.05, 0) is 35.7 Å². The van der Waals surface area contributed by atoms with Crippen molar-refractivity contribution in [1.29, 1.82) is 0 Å². The van der Waals surface area contributed by atoms with Gasteiger partial charge in [-0.25, -0.2) is 0 Å². The number of rotatable bonds is 3. The van der Waals surface area contributed by atoms with E-state index in [0.29, 0.717) is 23.4 Å². The molecule has 1 heterocycles. The molecule has 0 atom stereocenters. The number of nitro groups is 1. The highest BCUT2D eigenvalue weighted by atomic mass is 16.6. The van der Waals surface area contributed by atoms with E-state index < -0.39 is 4.92 Å². The first kappa shape index (κ1) is 13.9. The van der Waals surface area contributed by atoms with Crippen LogP contribution in [0.2, 0.25) is 0 Å². The number of phenols is 1. The molecule has 0 spiro atoms. The van der Waals surface area contributed by atoms with Crippen molar-refractivity contribution in [3.63, 3.8) is 0 Å². The van der Waals surface area contributed by atoms with E-state index in [0.717, 1.165) is 11.1 Å². The van der Waals surface area contributed by atoms with Gasteiger partial charge >= 0.3 is 0 Å². The van der Waals surface area contributed by atoms with Gasteiger partial charge in [0, 0.05) is 30.1 Å². The summed E-state index contributed by atoms with van der Waals surface area (Å²) in [7, 11) is 0. The second-order valence-electron chi connectivity index (χ2n) is 5.07. The van der Waals surface area contributed by atoms with Gasteiger partial charge in [0.1, 0.15) is 5.75 Å². The maximum Gasteiger partial charge on any atom is 0.270 e. The zero-order valence-electron chi connectivity index (χ0n) is 11.9. The lowest BCUT2D eigenvalue weighted by Gasteiger charge is -2.03. The van der Waals surface area contributed by atoms with E-state index in [-0.39, 0.29) is 11.4 Å². The van der Waals surface area contributed by atoms with Gasteiger partial charge in [0.2, 0.25) is 0 Å². The van der Waals surface area contributed by atoms with E-state index in [9.17, 15) is 15.2 Å². The van der Waals surface area contributed by atoms with Crippen LogP contribution < -0.4 is 0 Å². The van der Waals surface area contributed by atoms with Gasteiger partial charge in [-0.3, -0.25) is 20.1 Å². The molecule has 0 bridgehead atoms. The first-order chi connectivity index (χ1) is 10.5. The zero-order chi connectivity index (χ0) is 15.7. The summed E-state index contributed by atoms with van der Waals surface area (Å²) < 4.78 is 0. The van der Waals surface area contributed by atoms with E-state index in [1.54, 1.807) is 13.1 Å². The molecule has 6 heteroatoms. The minimum Gasteiger partial charge on any atom is -0.507 e. The van der Waals surface area contributed by atoms with Crippen LogP contribution in [0.25, 0.3) is 0 Å². The quantitative estimate of drug-likeness (QED) is 0.535. The van der Waals surface area contributed by atoms with Crippen molar-refractivity contribution in [2.75, 3.05) is 0 Å². The molecule has 0 saturated heterocycles. The summed E-state index contributed by atoms with van der Waals surface area (Å²) in [5.41, 5.74) is 3.56. The standard InChI is InChI=1S/C16H13N3O3/c1-10-4-15(19(21)22)6-13(16(10)20)9-18-14-3-2-11-7-17-8-12(11)5-14/h2-6,8-9,20H,7H2,1H3. The number of aromatic hydroxyl groups is 1. The molecular weight excluding hydrogens is 282 g/mol. The summed E-state index contributed by atoms with van der Waals surface area (Å²) in [5.74, 6) is -0.00271. The Kier molecular flexibility index (Phi) is 3.42. The number of benzene rings is 2. The molecule has 3 rings (SSSR count). The Balaban J connectivity index is 1.95. The first-order valence-electron chi connectivity index (χ1n) is 6.69. The molecule has 0 fully saturated rings.